The fourth-order valence-corrected chi connectivity index (χ4v) is 4.35. The zero-order chi connectivity index (χ0) is 20.5. The Balaban J connectivity index is 1.53. The molecule has 2 amide bonds. The molecular formula is C22H31N5O2. The summed E-state index contributed by atoms with van der Waals surface area (Å²) in [7, 11) is 0. The number of hydrogen-bond donors (Lipinski definition) is 1. The van der Waals surface area contributed by atoms with Crippen molar-refractivity contribution in [3.8, 4) is 0 Å². The Labute approximate surface area is 171 Å². The van der Waals surface area contributed by atoms with E-state index in [1.165, 1.54) is 12.8 Å². The Morgan fingerprint density at radius 1 is 1.24 bits per heavy atom. The van der Waals surface area contributed by atoms with Crippen LogP contribution < -0.4 is 5.32 Å². The lowest BCUT2D eigenvalue weighted by Crippen LogP contribution is -2.30. The third-order valence-electron chi connectivity index (χ3n) is 6.29. The molecule has 7 heteroatoms. The van der Waals surface area contributed by atoms with Crippen molar-refractivity contribution in [2.75, 3.05) is 13.1 Å². The van der Waals surface area contributed by atoms with Gasteiger partial charge in [-0.05, 0) is 57.4 Å². The Hall–Kier alpha value is -2.44. The average Bonchev–Trinajstić information content (AvgIpc) is 3.23. The molecule has 2 fully saturated rings. The van der Waals surface area contributed by atoms with Crippen molar-refractivity contribution in [1.82, 2.24) is 24.8 Å². The number of likely N-dealkylation sites (tertiary alicyclic amines) is 1. The zero-order valence-electron chi connectivity index (χ0n) is 17.7. The fraction of sp³-hybridized carbons (Fsp3) is 0.636. The van der Waals surface area contributed by atoms with Crippen molar-refractivity contribution in [2.45, 2.75) is 71.8 Å². The molecule has 0 bridgehead atoms. The topological polar surface area (TPSA) is 79.6 Å². The normalized spacial score (nSPS) is 19.1. The van der Waals surface area contributed by atoms with Gasteiger partial charge in [0.2, 0.25) is 11.8 Å². The third kappa shape index (κ3) is 4.14. The quantitative estimate of drug-likeness (QED) is 0.779. The van der Waals surface area contributed by atoms with Crippen molar-refractivity contribution < 1.29 is 9.59 Å². The van der Waals surface area contributed by atoms with Gasteiger partial charge in [-0.25, -0.2) is 9.50 Å². The largest absolute Gasteiger partial charge is 0.356 e. The summed E-state index contributed by atoms with van der Waals surface area (Å²) in [5.41, 5.74) is 4.79. The lowest BCUT2D eigenvalue weighted by Gasteiger charge is -2.22. The Bertz CT molecular complexity index is 931. The van der Waals surface area contributed by atoms with Gasteiger partial charge in [-0.15, -0.1) is 0 Å². The molecule has 1 atom stereocenters. The molecule has 156 valence electrons. The van der Waals surface area contributed by atoms with E-state index >= 15 is 0 Å². The third-order valence-corrected chi connectivity index (χ3v) is 6.29. The van der Waals surface area contributed by atoms with Crippen LogP contribution in [0.5, 0.6) is 0 Å². The van der Waals surface area contributed by atoms with E-state index in [4.69, 9.17) is 10.1 Å². The summed E-state index contributed by atoms with van der Waals surface area (Å²) in [6.45, 7) is 7.56. The zero-order valence-corrected chi connectivity index (χ0v) is 17.7. The van der Waals surface area contributed by atoms with Crippen molar-refractivity contribution in [2.24, 2.45) is 5.92 Å². The molecule has 29 heavy (non-hydrogen) atoms. The molecule has 3 heterocycles. The van der Waals surface area contributed by atoms with E-state index in [9.17, 15) is 9.59 Å². The number of fused-ring (bicyclic) bond motifs is 1. The number of aryl methyl sites for hydroxylation is 2. The van der Waals surface area contributed by atoms with Crippen LogP contribution in [-0.4, -0.2) is 44.4 Å². The second-order valence-electron chi connectivity index (χ2n) is 8.45. The number of nitrogens with one attached hydrogen (secondary N) is 1. The Morgan fingerprint density at radius 2 is 2.03 bits per heavy atom. The van der Waals surface area contributed by atoms with Gasteiger partial charge >= 0.3 is 0 Å². The minimum Gasteiger partial charge on any atom is -0.356 e. The van der Waals surface area contributed by atoms with Crippen LogP contribution in [0.4, 0.5) is 0 Å². The summed E-state index contributed by atoms with van der Waals surface area (Å²) in [6, 6.07) is 2.05. The molecular weight excluding hydrogens is 366 g/mol. The smallest absolute Gasteiger partial charge is 0.222 e. The maximum Gasteiger partial charge on any atom is 0.222 e. The van der Waals surface area contributed by atoms with Gasteiger partial charge in [0.15, 0.2) is 5.65 Å². The predicted molar refractivity (Wildman–Crippen MR) is 110 cm³/mol. The molecule has 2 aliphatic rings. The van der Waals surface area contributed by atoms with E-state index in [1.807, 2.05) is 36.3 Å². The summed E-state index contributed by atoms with van der Waals surface area (Å²) in [5, 5.41) is 7.85. The lowest BCUT2D eigenvalue weighted by atomic mass is 10.1. The molecule has 7 nitrogen and oxygen atoms in total. The highest BCUT2D eigenvalue weighted by atomic mass is 16.2. The number of hydrogen-bond acceptors (Lipinski definition) is 4. The molecule has 1 N–H and O–H groups in total. The second kappa shape index (κ2) is 8.13. The molecule has 0 spiro atoms. The van der Waals surface area contributed by atoms with Crippen molar-refractivity contribution in [3.63, 3.8) is 0 Å². The van der Waals surface area contributed by atoms with Gasteiger partial charge in [0, 0.05) is 43.4 Å². The number of amides is 2. The van der Waals surface area contributed by atoms with Crippen LogP contribution in [0.15, 0.2) is 6.07 Å². The van der Waals surface area contributed by atoms with Gasteiger partial charge in [0.1, 0.15) is 0 Å². The van der Waals surface area contributed by atoms with Crippen molar-refractivity contribution >= 4 is 17.5 Å². The molecule has 2 aromatic heterocycles. The number of nitrogens with zero attached hydrogens (tertiary/aromatic N) is 4. The van der Waals surface area contributed by atoms with E-state index in [0.29, 0.717) is 25.2 Å². The van der Waals surface area contributed by atoms with Gasteiger partial charge in [-0.3, -0.25) is 9.59 Å². The van der Waals surface area contributed by atoms with Gasteiger partial charge in [0.25, 0.3) is 0 Å². The molecule has 1 saturated heterocycles. The number of carbonyl (C=O) groups is 2. The molecule has 2 aromatic rings. The standard InChI is InChI=1S/C22H31N5O2/c1-4-22(29)26-11-5-6-19(26)18-12-20-24-14(2)17(15(3)27(20)25-18)9-10-21(28)23-13-16-7-8-16/h12,16,19H,4-11,13H2,1-3H3,(H,23,28)/t19-/m0/s1. The van der Waals surface area contributed by atoms with Crippen LogP contribution in [-0.2, 0) is 16.0 Å². The number of rotatable bonds is 7. The first-order chi connectivity index (χ1) is 14.0. The molecule has 1 saturated carbocycles. The molecule has 0 aromatic carbocycles. The highest BCUT2D eigenvalue weighted by Crippen LogP contribution is 2.32. The summed E-state index contributed by atoms with van der Waals surface area (Å²) >= 11 is 0. The van der Waals surface area contributed by atoms with Gasteiger partial charge in [-0.2, -0.15) is 5.10 Å². The number of carbonyl (C=O) groups excluding carboxylic acids is 2. The minimum atomic E-state index is 0.0421. The molecule has 1 aliphatic carbocycles. The first-order valence-electron chi connectivity index (χ1n) is 10.9. The maximum absolute atomic E-state index is 12.3. The number of aromatic nitrogens is 3. The van der Waals surface area contributed by atoms with Crippen LogP contribution in [0.2, 0.25) is 0 Å². The summed E-state index contributed by atoms with van der Waals surface area (Å²) < 4.78 is 1.88. The van der Waals surface area contributed by atoms with Crippen LogP contribution in [0.3, 0.4) is 0 Å². The van der Waals surface area contributed by atoms with Gasteiger partial charge in [0.05, 0.1) is 11.7 Å². The predicted octanol–water partition coefficient (Wildman–Crippen LogP) is 2.88. The van der Waals surface area contributed by atoms with E-state index < -0.39 is 0 Å². The SMILES string of the molecule is CCC(=O)N1CCC[C@H]1c1cc2nc(C)c(CCC(=O)NCC3CC3)c(C)n2n1. The molecule has 0 radical (unpaired) electrons. The monoisotopic (exact) mass is 397 g/mol. The van der Waals surface area contributed by atoms with Gasteiger partial charge in [-0.1, -0.05) is 6.92 Å². The first kappa shape index (κ1) is 19.9. The average molecular weight is 398 g/mol. The Morgan fingerprint density at radius 3 is 2.76 bits per heavy atom. The second-order valence-corrected chi connectivity index (χ2v) is 8.45. The van der Waals surface area contributed by atoms with Crippen LogP contribution >= 0.6 is 0 Å². The van der Waals surface area contributed by atoms with E-state index in [2.05, 4.69) is 5.32 Å². The van der Waals surface area contributed by atoms with Gasteiger partial charge < -0.3 is 10.2 Å². The van der Waals surface area contributed by atoms with E-state index in [1.54, 1.807) is 0 Å². The maximum atomic E-state index is 12.3. The van der Waals surface area contributed by atoms with Crippen LogP contribution in [0, 0.1) is 19.8 Å². The van der Waals surface area contributed by atoms with E-state index in [0.717, 1.165) is 54.2 Å². The van der Waals surface area contributed by atoms with Crippen molar-refractivity contribution in [1.29, 1.82) is 0 Å². The summed E-state index contributed by atoms with van der Waals surface area (Å²) in [6.07, 6.45) is 6.09. The fourth-order valence-electron chi connectivity index (χ4n) is 4.35. The Kier molecular flexibility index (Phi) is 5.56. The summed E-state index contributed by atoms with van der Waals surface area (Å²) in [4.78, 5) is 31.1. The van der Waals surface area contributed by atoms with Crippen LogP contribution in [0.1, 0.15) is 74.1 Å². The van der Waals surface area contributed by atoms with Crippen molar-refractivity contribution in [3.05, 3.63) is 28.7 Å². The lowest BCUT2D eigenvalue weighted by molar-refractivity contribution is -0.131. The molecule has 4 rings (SSSR count). The molecule has 1 aliphatic heterocycles. The minimum absolute atomic E-state index is 0.0421. The van der Waals surface area contributed by atoms with E-state index in [-0.39, 0.29) is 17.9 Å². The summed E-state index contributed by atoms with van der Waals surface area (Å²) in [5.74, 6) is 0.984. The molecule has 0 unspecified atom stereocenters. The highest BCUT2D eigenvalue weighted by molar-refractivity contribution is 5.77. The highest BCUT2D eigenvalue weighted by Gasteiger charge is 2.31. The first-order valence-corrected chi connectivity index (χ1v) is 10.9. The van der Waals surface area contributed by atoms with Crippen LogP contribution in [0.25, 0.3) is 5.65 Å².